The summed E-state index contributed by atoms with van der Waals surface area (Å²) in [4.78, 5) is 0. The predicted octanol–water partition coefficient (Wildman–Crippen LogP) is 17.3. The quantitative estimate of drug-likeness (QED) is 0.158. The summed E-state index contributed by atoms with van der Waals surface area (Å²) in [6, 6.07) is 85.6. The molecular weight excluding hydrogens is 745 g/mol. The van der Waals surface area contributed by atoms with E-state index in [9.17, 15) is 0 Å². The maximum atomic E-state index is 2.48. The highest BCUT2D eigenvalue weighted by atomic mass is 14.3. The maximum Gasteiger partial charge on any atom is -0.000764 e. The summed E-state index contributed by atoms with van der Waals surface area (Å²) in [6.07, 6.45) is 0. The molecule has 0 aromatic heterocycles. The van der Waals surface area contributed by atoms with Gasteiger partial charge in [-0.25, -0.2) is 0 Å². The molecule has 62 heavy (non-hydrogen) atoms. The van der Waals surface area contributed by atoms with Crippen molar-refractivity contribution in [1.29, 1.82) is 0 Å². The average molecular weight is 783 g/mol. The Morgan fingerprint density at radius 1 is 0.161 bits per heavy atom. The molecule has 0 bridgehead atoms. The Hall–Kier alpha value is -8.06. The van der Waals surface area contributed by atoms with Gasteiger partial charge in [0, 0.05) is 0 Å². The Balaban J connectivity index is 1.14. The minimum absolute atomic E-state index is 1.19. The fraction of sp³-hybridized carbons (Fsp3) is 0. The van der Waals surface area contributed by atoms with Gasteiger partial charge in [0.05, 0.1) is 0 Å². The second-order valence-electron chi connectivity index (χ2n) is 16.7. The fourth-order valence-electron chi connectivity index (χ4n) is 10.8. The number of hydrogen-bond acceptors (Lipinski definition) is 0. The Morgan fingerprint density at radius 2 is 0.452 bits per heavy atom. The first-order chi connectivity index (χ1) is 30.8. The summed E-state index contributed by atoms with van der Waals surface area (Å²) >= 11 is 0. The topological polar surface area (TPSA) is 0 Å². The van der Waals surface area contributed by atoms with E-state index < -0.39 is 0 Å². The second-order valence-corrected chi connectivity index (χ2v) is 16.7. The first-order valence-corrected chi connectivity index (χ1v) is 21.6. The smallest absolute Gasteiger partial charge is 0.000764 e. The molecule has 0 aliphatic heterocycles. The van der Waals surface area contributed by atoms with Crippen LogP contribution in [0.15, 0.2) is 231 Å². The molecule has 0 fully saturated rings. The molecule has 2 aliphatic rings. The van der Waals surface area contributed by atoms with Gasteiger partial charge in [-0.3, -0.25) is 0 Å². The lowest BCUT2D eigenvalue weighted by Crippen LogP contribution is -1.96. The van der Waals surface area contributed by atoms with Crippen LogP contribution in [0.5, 0.6) is 0 Å². The van der Waals surface area contributed by atoms with Crippen molar-refractivity contribution < 1.29 is 0 Å². The Labute approximate surface area is 361 Å². The van der Waals surface area contributed by atoms with Crippen LogP contribution in [0.2, 0.25) is 0 Å². The fourth-order valence-corrected chi connectivity index (χ4v) is 10.8. The minimum Gasteiger partial charge on any atom is -0.0622 e. The first-order valence-electron chi connectivity index (χ1n) is 21.6. The monoisotopic (exact) mass is 782 g/mol. The van der Waals surface area contributed by atoms with Crippen molar-refractivity contribution in [1.82, 2.24) is 0 Å². The third-order valence-corrected chi connectivity index (χ3v) is 13.3. The normalized spacial score (nSPS) is 11.9. The number of fused-ring (bicyclic) bond motifs is 6. The molecule has 0 heteroatoms. The summed E-state index contributed by atoms with van der Waals surface area (Å²) in [6.45, 7) is 0. The van der Waals surface area contributed by atoms with E-state index in [0.29, 0.717) is 0 Å². The molecule has 11 aromatic carbocycles. The van der Waals surface area contributed by atoms with Gasteiger partial charge in [0.15, 0.2) is 0 Å². The van der Waals surface area contributed by atoms with Gasteiger partial charge in [-0.2, -0.15) is 0 Å². The molecule has 0 saturated heterocycles. The van der Waals surface area contributed by atoms with Gasteiger partial charge in [0.2, 0.25) is 0 Å². The second kappa shape index (κ2) is 13.7. The molecule has 0 N–H and O–H groups in total. The molecule has 286 valence electrons. The van der Waals surface area contributed by atoms with Crippen LogP contribution in [0.25, 0.3) is 133 Å². The summed E-state index contributed by atoms with van der Waals surface area (Å²) in [5.41, 5.74) is 25.2. The third kappa shape index (κ3) is 5.14. The molecule has 0 spiro atoms. The summed E-state index contributed by atoms with van der Waals surface area (Å²) in [7, 11) is 0. The van der Waals surface area contributed by atoms with E-state index in [2.05, 4.69) is 231 Å². The molecule has 0 amide bonds. The lowest BCUT2D eigenvalue weighted by molar-refractivity contribution is 1.54. The Bertz CT molecular complexity index is 3330. The van der Waals surface area contributed by atoms with Gasteiger partial charge < -0.3 is 0 Å². The highest BCUT2D eigenvalue weighted by Crippen LogP contribution is 2.59. The molecule has 11 aromatic rings. The van der Waals surface area contributed by atoms with E-state index >= 15 is 0 Å². The SMILES string of the molecule is c1ccc(-c2cc(-c3cccc(-c4cc(-c5ccccc5)c5c(c4-c4ccccc4)-c4cccc6cccc-5c46)c3)c(-c3ccccc3)c3c2-c2cccc4cccc-3c24)cc1. The maximum absolute atomic E-state index is 2.48. The van der Waals surface area contributed by atoms with Gasteiger partial charge >= 0.3 is 0 Å². The van der Waals surface area contributed by atoms with Crippen LogP contribution in [-0.2, 0) is 0 Å². The number of rotatable bonds is 6. The van der Waals surface area contributed by atoms with Crippen LogP contribution < -0.4 is 0 Å². The summed E-state index contributed by atoms with van der Waals surface area (Å²) in [5, 5.41) is 5.21. The minimum atomic E-state index is 1.19. The molecule has 0 saturated carbocycles. The van der Waals surface area contributed by atoms with E-state index in [0.717, 1.165) is 0 Å². The van der Waals surface area contributed by atoms with Gasteiger partial charge in [-0.1, -0.05) is 212 Å². The zero-order valence-electron chi connectivity index (χ0n) is 33.9. The molecule has 2 aliphatic carbocycles. The van der Waals surface area contributed by atoms with Crippen LogP contribution in [0.3, 0.4) is 0 Å². The number of hydrogen-bond donors (Lipinski definition) is 0. The van der Waals surface area contributed by atoms with Gasteiger partial charge in [-0.15, -0.1) is 0 Å². The zero-order valence-corrected chi connectivity index (χ0v) is 33.9. The standard InChI is InChI=1S/C62H38/c1-5-18-39(19-6-1)51-37-53(57(43-22-9-3-10-23-43)61-49-34-16-28-41-26-14-32-47(55(41)49)59(51)61)45-30-13-31-46(36-45)54-38-52(40-20-7-2-8-21-40)60-48-33-15-27-42-29-17-35-50(56(42)48)62(60)58(54)44-24-11-4-12-25-44/h1-38H. The van der Waals surface area contributed by atoms with Crippen LogP contribution in [0.1, 0.15) is 0 Å². The predicted molar refractivity (Wildman–Crippen MR) is 263 cm³/mol. The van der Waals surface area contributed by atoms with Crippen LogP contribution in [-0.4, -0.2) is 0 Å². The summed E-state index contributed by atoms with van der Waals surface area (Å²) < 4.78 is 0. The van der Waals surface area contributed by atoms with Gasteiger partial charge in [0.25, 0.3) is 0 Å². The highest BCUT2D eigenvalue weighted by Gasteiger charge is 2.32. The lowest BCUT2D eigenvalue weighted by Gasteiger charge is -2.23. The first kappa shape index (κ1) is 34.8. The zero-order chi connectivity index (χ0) is 40.7. The molecule has 0 radical (unpaired) electrons. The number of benzene rings is 11. The molecule has 0 heterocycles. The van der Waals surface area contributed by atoms with Crippen molar-refractivity contribution in [2.45, 2.75) is 0 Å². The average Bonchev–Trinajstić information content (AvgIpc) is 3.87. The van der Waals surface area contributed by atoms with E-state index in [1.807, 2.05) is 0 Å². The van der Waals surface area contributed by atoms with Crippen molar-refractivity contribution in [2.24, 2.45) is 0 Å². The van der Waals surface area contributed by atoms with Crippen molar-refractivity contribution >= 4 is 21.5 Å². The highest BCUT2D eigenvalue weighted by molar-refractivity contribution is 6.24. The van der Waals surface area contributed by atoms with Crippen molar-refractivity contribution in [2.75, 3.05) is 0 Å². The molecule has 0 nitrogen and oxygen atoms in total. The van der Waals surface area contributed by atoms with Gasteiger partial charge in [0.1, 0.15) is 0 Å². The molecule has 0 unspecified atom stereocenters. The largest absolute Gasteiger partial charge is 0.0622 e. The Morgan fingerprint density at radius 3 is 0.823 bits per heavy atom. The molecule has 0 atom stereocenters. The van der Waals surface area contributed by atoms with Crippen molar-refractivity contribution in [3.05, 3.63) is 231 Å². The van der Waals surface area contributed by atoms with Crippen molar-refractivity contribution in [3.8, 4) is 111 Å². The van der Waals surface area contributed by atoms with E-state index in [1.165, 1.54) is 133 Å². The molecule has 13 rings (SSSR count). The lowest BCUT2D eigenvalue weighted by atomic mass is 9.80. The van der Waals surface area contributed by atoms with Crippen LogP contribution in [0, 0.1) is 0 Å². The van der Waals surface area contributed by atoms with Gasteiger partial charge in [-0.05, 0) is 151 Å². The van der Waals surface area contributed by atoms with E-state index in [4.69, 9.17) is 0 Å². The molecular formula is C62H38. The summed E-state index contributed by atoms with van der Waals surface area (Å²) in [5.74, 6) is 0. The third-order valence-electron chi connectivity index (χ3n) is 13.3. The Kier molecular flexibility index (Phi) is 7.71. The van der Waals surface area contributed by atoms with Crippen LogP contribution in [0.4, 0.5) is 0 Å². The van der Waals surface area contributed by atoms with Crippen molar-refractivity contribution in [3.63, 3.8) is 0 Å². The van der Waals surface area contributed by atoms with Crippen LogP contribution >= 0.6 is 0 Å². The van der Waals surface area contributed by atoms with E-state index in [1.54, 1.807) is 0 Å². The van der Waals surface area contributed by atoms with E-state index in [-0.39, 0.29) is 0 Å².